The van der Waals surface area contributed by atoms with E-state index in [4.69, 9.17) is 9.47 Å². The van der Waals surface area contributed by atoms with Crippen LogP contribution in [0.3, 0.4) is 0 Å². The fraction of sp³-hybridized carbons (Fsp3) is 0.435. The molecule has 1 amide bonds. The minimum atomic E-state index is 0.146. The van der Waals surface area contributed by atoms with Crippen molar-refractivity contribution in [3.63, 3.8) is 0 Å². The van der Waals surface area contributed by atoms with Crippen LogP contribution in [-0.2, 0) is 17.8 Å². The van der Waals surface area contributed by atoms with Gasteiger partial charge >= 0.3 is 0 Å². The largest absolute Gasteiger partial charge is 0.497 e. The molecule has 0 aromatic heterocycles. The molecule has 27 heavy (non-hydrogen) atoms. The number of nitrogens with zero attached hydrogens (tertiary/aromatic N) is 1. The Morgan fingerprint density at radius 1 is 0.963 bits per heavy atom. The maximum absolute atomic E-state index is 12.7. The lowest BCUT2D eigenvalue weighted by Crippen LogP contribution is -2.38. The molecule has 1 saturated heterocycles. The highest BCUT2D eigenvalue weighted by Crippen LogP contribution is 2.24. The monoisotopic (exact) mass is 367 g/mol. The van der Waals surface area contributed by atoms with Crippen molar-refractivity contribution in [3.8, 4) is 5.75 Å². The first-order chi connectivity index (χ1) is 13.2. The van der Waals surface area contributed by atoms with Gasteiger partial charge in [-0.3, -0.25) is 4.79 Å². The summed E-state index contributed by atoms with van der Waals surface area (Å²) in [6.45, 7) is 2.28. The van der Waals surface area contributed by atoms with Gasteiger partial charge in [0.05, 0.1) is 13.7 Å². The summed E-state index contributed by atoms with van der Waals surface area (Å²) in [7, 11) is 3.37. The van der Waals surface area contributed by atoms with E-state index in [1.165, 1.54) is 12.0 Å². The zero-order valence-electron chi connectivity index (χ0n) is 16.3. The molecule has 144 valence electrons. The van der Waals surface area contributed by atoms with Gasteiger partial charge in [0, 0.05) is 25.8 Å². The highest BCUT2D eigenvalue weighted by atomic mass is 16.5. The van der Waals surface area contributed by atoms with E-state index in [1.807, 2.05) is 41.3 Å². The molecule has 1 heterocycles. The van der Waals surface area contributed by atoms with Gasteiger partial charge in [-0.25, -0.2) is 0 Å². The summed E-state index contributed by atoms with van der Waals surface area (Å²) in [5, 5.41) is 0. The number of carbonyl (C=O) groups is 1. The van der Waals surface area contributed by atoms with Crippen molar-refractivity contribution in [2.45, 2.75) is 32.3 Å². The smallest absolute Gasteiger partial charge is 0.253 e. The number of aryl methyl sites for hydroxylation is 1. The third-order valence-corrected chi connectivity index (χ3v) is 5.41. The first kappa shape index (κ1) is 19.4. The lowest BCUT2D eigenvalue weighted by Gasteiger charge is -2.32. The third-order valence-electron chi connectivity index (χ3n) is 5.41. The summed E-state index contributed by atoms with van der Waals surface area (Å²) < 4.78 is 10.3. The van der Waals surface area contributed by atoms with E-state index in [-0.39, 0.29) is 5.91 Å². The third kappa shape index (κ3) is 5.33. The van der Waals surface area contributed by atoms with Crippen LogP contribution in [0.1, 0.15) is 40.7 Å². The minimum absolute atomic E-state index is 0.146. The zero-order chi connectivity index (χ0) is 19.1. The highest BCUT2D eigenvalue weighted by Gasteiger charge is 2.23. The van der Waals surface area contributed by atoms with Crippen molar-refractivity contribution in [2.75, 3.05) is 27.3 Å². The van der Waals surface area contributed by atoms with Crippen LogP contribution in [0.5, 0.6) is 5.75 Å². The van der Waals surface area contributed by atoms with Gasteiger partial charge in [-0.05, 0) is 67.0 Å². The van der Waals surface area contributed by atoms with Crippen LogP contribution in [0, 0.1) is 5.92 Å². The number of ether oxygens (including phenoxy) is 2. The van der Waals surface area contributed by atoms with Crippen LogP contribution in [0.4, 0.5) is 0 Å². The second-order valence-corrected chi connectivity index (χ2v) is 7.25. The van der Waals surface area contributed by atoms with Crippen molar-refractivity contribution < 1.29 is 14.3 Å². The number of methoxy groups -OCH3 is 2. The van der Waals surface area contributed by atoms with Crippen molar-refractivity contribution >= 4 is 5.91 Å². The molecule has 1 aliphatic heterocycles. The number of hydrogen-bond donors (Lipinski definition) is 0. The Balaban J connectivity index is 1.45. The molecule has 0 spiro atoms. The first-order valence-corrected chi connectivity index (χ1v) is 9.69. The van der Waals surface area contributed by atoms with Crippen LogP contribution >= 0.6 is 0 Å². The Hall–Kier alpha value is -2.33. The molecule has 4 heteroatoms. The molecule has 2 aromatic rings. The van der Waals surface area contributed by atoms with E-state index >= 15 is 0 Å². The van der Waals surface area contributed by atoms with Crippen LogP contribution < -0.4 is 4.74 Å². The van der Waals surface area contributed by atoms with E-state index in [9.17, 15) is 4.79 Å². The average molecular weight is 367 g/mol. The van der Waals surface area contributed by atoms with Crippen LogP contribution in [0.2, 0.25) is 0 Å². The Labute approximate surface area is 162 Å². The normalized spacial score (nSPS) is 15.0. The predicted molar refractivity (Wildman–Crippen MR) is 107 cm³/mol. The highest BCUT2D eigenvalue weighted by molar-refractivity contribution is 5.94. The SMILES string of the molecule is COCc1ccc(C(=O)N2CCC(CCc3ccc(OC)cc3)CC2)cc1. The van der Waals surface area contributed by atoms with Gasteiger partial charge in [0.2, 0.25) is 0 Å². The number of amides is 1. The fourth-order valence-electron chi connectivity index (χ4n) is 3.68. The lowest BCUT2D eigenvalue weighted by atomic mass is 9.90. The second-order valence-electron chi connectivity index (χ2n) is 7.25. The Kier molecular flexibility index (Phi) is 6.88. The van der Waals surface area contributed by atoms with Gasteiger partial charge in [-0.15, -0.1) is 0 Å². The Morgan fingerprint density at radius 3 is 2.19 bits per heavy atom. The molecule has 4 nitrogen and oxygen atoms in total. The summed E-state index contributed by atoms with van der Waals surface area (Å²) in [5.41, 5.74) is 3.21. The quantitative estimate of drug-likeness (QED) is 0.731. The molecule has 1 aliphatic rings. The molecule has 2 aromatic carbocycles. The van der Waals surface area contributed by atoms with Crippen LogP contribution in [-0.4, -0.2) is 38.1 Å². The number of piperidine rings is 1. The number of hydrogen-bond acceptors (Lipinski definition) is 3. The fourth-order valence-corrected chi connectivity index (χ4v) is 3.68. The maximum Gasteiger partial charge on any atom is 0.253 e. The van der Waals surface area contributed by atoms with Gasteiger partial charge in [0.15, 0.2) is 0 Å². The number of benzene rings is 2. The summed E-state index contributed by atoms with van der Waals surface area (Å²) in [6, 6.07) is 16.1. The standard InChI is InChI=1S/C23H29NO3/c1-26-17-20-5-9-21(10-6-20)23(25)24-15-13-19(14-16-24)4-3-18-7-11-22(27-2)12-8-18/h5-12,19H,3-4,13-17H2,1-2H3. The summed E-state index contributed by atoms with van der Waals surface area (Å²) in [6.07, 6.45) is 4.44. The van der Waals surface area contributed by atoms with Crippen molar-refractivity contribution in [1.29, 1.82) is 0 Å². The van der Waals surface area contributed by atoms with Crippen molar-refractivity contribution in [3.05, 3.63) is 65.2 Å². The molecule has 1 fully saturated rings. The molecule has 3 rings (SSSR count). The van der Waals surface area contributed by atoms with Gasteiger partial charge < -0.3 is 14.4 Å². The van der Waals surface area contributed by atoms with E-state index in [0.29, 0.717) is 12.5 Å². The molecule has 0 bridgehead atoms. The van der Waals surface area contributed by atoms with Crippen LogP contribution in [0.15, 0.2) is 48.5 Å². The predicted octanol–water partition coefficient (Wildman–Crippen LogP) is 4.33. The summed E-state index contributed by atoms with van der Waals surface area (Å²) >= 11 is 0. The summed E-state index contributed by atoms with van der Waals surface area (Å²) in [5.74, 6) is 1.74. The Bertz CT molecular complexity index is 716. The number of likely N-dealkylation sites (tertiary alicyclic amines) is 1. The van der Waals surface area contributed by atoms with Gasteiger partial charge in [0.25, 0.3) is 5.91 Å². The van der Waals surface area contributed by atoms with Gasteiger partial charge in [0.1, 0.15) is 5.75 Å². The number of rotatable bonds is 7. The molecular weight excluding hydrogens is 338 g/mol. The second kappa shape index (κ2) is 9.56. The van der Waals surface area contributed by atoms with Crippen molar-refractivity contribution in [2.24, 2.45) is 5.92 Å². The molecular formula is C23H29NO3. The molecule has 0 atom stereocenters. The van der Waals surface area contributed by atoms with Crippen molar-refractivity contribution in [1.82, 2.24) is 4.90 Å². The first-order valence-electron chi connectivity index (χ1n) is 9.69. The summed E-state index contributed by atoms with van der Waals surface area (Å²) in [4.78, 5) is 14.7. The Morgan fingerprint density at radius 2 is 1.59 bits per heavy atom. The molecule has 0 saturated carbocycles. The van der Waals surface area contributed by atoms with E-state index in [2.05, 4.69) is 12.1 Å². The minimum Gasteiger partial charge on any atom is -0.497 e. The molecule has 0 unspecified atom stereocenters. The van der Waals surface area contributed by atoms with Gasteiger partial charge in [-0.1, -0.05) is 24.3 Å². The van der Waals surface area contributed by atoms with E-state index < -0.39 is 0 Å². The lowest BCUT2D eigenvalue weighted by molar-refractivity contribution is 0.0687. The molecule has 0 radical (unpaired) electrons. The molecule has 0 aliphatic carbocycles. The number of carbonyl (C=O) groups excluding carboxylic acids is 1. The van der Waals surface area contributed by atoms with E-state index in [1.54, 1.807) is 14.2 Å². The maximum atomic E-state index is 12.7. The van der Waals surface area contributed by atoms with E-state index in [0.717, 1.165) is 49.2 Å². The van der Waals surface area contributed by atoms with Crippen LogP contribution in [0.25, 0.3) is 0 Å². The average Bonchev–Trinajstić information content (AvgIpc) is 2.73. The topological polar surface area (TPSA) is 38.8 Å². The molecule has 0 N–H and O–H groups in total. The zero-order valence-corrected chi connectivity index (χ0v) is 16.3. The van der Waals surface area contributed by atoms with Gasteiger partial charge in [-0.2, -0.15) is 0 Å².